The van der Waals surface area contributed by atoms with Gasteiger partial charge in [0.1, 0.15) is 29.3 Å². The van der Waals surface area contributed by atoms with Crippen molar-refractivity contribution in [1.29, 1.82) is 0 Å². The number of aromatic amines is 1. The third-order valence-electron chi connectivity index (χ3n) is 4.66. The van der Waals surface area contributed by atoms with E-state index >= 15 is 0 Å². The van der Waals surface area contributed by atoms with E-state index in [0.29, 0.717) is 29.9 Å². The van der Waals surface area contributed by atoms with E-state index in [9.17, 15) is 4.21 Å². The lowest BCUT2D eigenvalue weighted by molar-refractivity contribution is -0.141. The maximum absolute atomic E-state index is 12.8. The van der Waals surface area contributed by atoms with Gasteiger partial charge in [-0.25, -0.2) is 0 Å². The zero-order valence-corrected chi connectivity index (χ0v) is 17.0. The number of rotatable bonds is 6. The highest BCUT2D eigenvalue weighted by Crippen LogP contribution is 2.25. The summed E-state index contributed by atoms with van der Waals surface area (Å²) < 4.78 is 30.1. The van der Waals surface area contributed by atoms with Crippen LogP contribution in [-0.4, -0.2) is 40.1 Å². The zero-order valence-electron chi connectivity index (χ0n) is 16.1. The minimum atomic E-state index is -1.74. The van der Waals surface area contributed by atoms with Crippen molar-refractivity contribution in [2.45, 2.75) is 43.6 Å². The smallest absolute Gasteiger partial charge is 0.324 e. The summed E-state index contributed by atoms with van der Waals surface area (Å²) in [6, 6.07) is 9.46. The normalized spacial score (nSPS) is 19.8. The molecule has 4 rings (SSSR count). The van der Waals surface area contributed by atoms with Crippen LogP contribution in [0.2, 0.25) is 0 Å². The lowest BCUT2D eigenvalue weighted by atomic mass is 10.2. The molecule has 0 aliphatic carbocycles. The Hall–Kier alpha value is -2.29. The Kier molecular flexibility index (Phi) is 5.18. The minimum absolute atomic E-state index is 0.113. The van der Waals surface area contributed by atoms with Gasteiger partial charge in [-0.2, -0.15) is 4.98 Å². The van der Waals surface area contributed by atoms with Crippen LogP contribution < -0.4 is 4.74 Å². The first-order valence-electron chi connectivity index (χ1n) is 9.20. The van der Waals surface area contributed by atoms with Crippen molar-refractivity contribution in [3.05, 3.63) is 47.8 Å². The highest BCUT2D eigenvalue weighted by atomic mass is 32.2. The lowest BCUT2D eigenvalue weighted by Gasteiger charge is -2.18. The van der Waals surface area contributed by atoms with E-state index < -0.39 is 16.6 Å². The number of pyridine rings is 1. The van der Waals surface area contributed by atoms with Gasteiger partial charge in [0.2, 0.25) is 0 Å². The first-order chi connectivity index (χ1) is 13.4. The summed E-state index contributed by atoms with van der Waals surface area (Å²) in [7, 11) is -1.74. The number of aromatic nitrogens is 3. The first-order valence-corrected chi connectivity index (χ1v) is 10.6. The Balaban J connectivity index is 1.45. The third-order valence-corrected chi connectivity index (χ3v) is 5.93. The maximum Gasteiger partial charge on any atom is 0.324 e. The molecule has 0 bridgehead atoms. The molecule has 0 spiro atoms. The van der Waals surface area contributed by atoms with Crippen molar-refractivity contribution in [2.24, 2.45) is 0 Å². The van der Waals surface area contributed by atoms with Crippen molar-refractivity contribution in [3.8, 4) is 5.75 Å². The van der Waals surface area contributed by atoms with Gasteiger partial charge in [0.15, 0.2) is 11.5 Å². The SMILES string of the molecule is Cc1c(OCC2COC(C)(C)O2)ccnc1C[SH+](=O)c1nc2ccccc2[nH]1. The average Bonchev–Trinajstić information content (AvgIpc) is 3.25. The van der Waals surface area contributed by atoms with Gasteiger partial charge in [-0.05, 0) is 39.0 Å². The topological polar surface area (TPSA) is 86.3 Å². The molecule has 1 aliphatic heterocycles. The van der Waals surface area contributed by atoms with Crippen LogP contribution in [0.3, 0.4) is 0 Å². The number of benzene rings is 1. The Morgan fingerprint density at radius 3 is 2.89 bits per heavy atom. The fourth-order valence-electron chi connectivity index (χ4n) is 3.17. The minimum Gasteiger partial charge on any atom is -0.490 e. The number of para-hydroxylation sites is 2. The summed E-state index contributed by atoms with van der Waals surface area (Å²) in [5.41, 5.74) is 3.30. The highest BCUT2D eigenvalue weighted by Gasteiger charge is 2.33. The Labute approximate surface area is 165 Å². The first kappa shape index (κ1) is 19.0. The fourth-order valence-corrected chi connectivity index (χ4v) is 4.38. The largest absolute Gasteiger partial charge is 0.490 e. The quantitative estimate of drug-likeness (QED) is 0.504. The molecule has 1 N–H and O–H groups in total. The molecule has 1 aromatic carbocycles. The van der Waals surface area contributed by atoms with E-state index in [1.54, 1.807) is 6.20 Å². The fraction of sp³-hybridized carbons (Fsp3) is 0.400. The van der Waals surface area contributed by atoms with Crippen molar-refractivity contribution < 1.29 is 18.4 Å². The summed E-state index contributed by atoms with van der Waals surface area (Å²) in [5, 5.41) is 0.488. The van der Waals surface area contributed by atoms with Crippen LogP contribution in [0.1, 0.15) is 25.1 Å². The predicted octanol–water partition coefficient (Wildman–Crippen LogP) is 3.05. The van der Waals surface area contributed by atoms with Crippen molar-refractivity contribution in [3.63, 3.8) is 0 Å². The van der Waals surface area contributed by atoms with Gasteiger partial charge in [-0.15, -0.1) is 0 Å². The van der Waals surface area contributed by atoms with Gasteiger partial charge < -0.3 is 14.2 Å². The molecule has 1 saturated heterocycles. The molecule has 7 nitrogen and oxygen atoms in total. The van der Waals surface area contributed by atoms with Gasteiger partial charge >= 0.3 is 5.16 Å². The number of nitrogens with zero attached hydrogens (tertiary/aromatic N) is 2. The monoisotopic (exact) mass is 402 g/mol. The van der Waals surface area contributed by atoms with E-state index in [2.05, 4.69) is 15.0 Å². The van der Waals surface area contributed by atoms with Gasteiger partial charge in [-0.3, -0.25) is 9.97 Å². The number of nitrogens with one attached hydrogen (secondary N) is 1. The summed E-state index contributed by atoms with van der Waals surface area (Å²) in [6.07, 6.45) is 1.56. The van der Waals surface area contributed by atoms with Crippen LogP contribution in [0.4, 0.5) is 0 Å². The molecule has 0 amide bonds. The number of imidazole rings is 1. The number of fused-ring (bicyclic) bond motifs is 1. The third kappa shape index (κ3) is 4.09. The van der Waals surface area contributed by atoms with Crippen LogP contribution in [0.25, 0.3) is 11.0 Å². The summed E-state index contributed by atoms with van der Waals surface area (Å²) >= 11 is 0. The molecule has 0 radical (unpaired) electrons. The van der Waals surface area contributed by atoms with E-state index in [1.807, 2.05) is 51.1 Å². The molecule has 3 aromatic rings. The van der Waals surface area contributed by atoms with Crippen LogP contribution in [0, 0.1) is 6.92 Å². The second-order valence-corrected chi connectivity index (χ2v) is 8.75. The second-order valence-electron chi connectivity index (χ2n) is 7.26. The number of ether oxygens (including phenoxy) is 3. The van der Waals surface area contributed by atoms with E-state index in [4.69, 9.17) is 14.2 Å². The molecule has 28 heavy (non-hydrogen) atoms. The Bertz CT molecular complexity index is 985. The zero-order chi connectivity index (χ0) is 19.7. The predicted molar refractivity (Wildman–Crippen MR) is 107 cm³/mol. The molecule has 2 unspecified atom stereocenters. The number of thiol groups is 1. The van der Waals surface area contributed by atoms with Crippen molar-refractivity contribution >= 4 is 21.8 Å². The van der Waals surface area contributed by atoms with Gasteiger partial charge in [-0.1, -0.05) is 16.3 Å². The molecular weight excluding hydrogens is 378 g/mol. The molecule has 2 aromatic heterocycles. The van der Waals surface area contributed by atoms with E-state index in [1.165, 1.54) is 0 Å². The number of H-pyrrole nitrogens is 1. The number of hydrogen-bond acceptors (Lipinski definition) is 6. The summed E-state index contributed by atoms with van der Waals surface area (Å²) in [6.45, 7) is 6.59. The van der Waals surface area contributed by atoms with E-state index in [-0.39, 0.29) is 6.10 Å². The van der Waals surface area contributed by atoms with Crippen LogP contribution in [0.15, 0.2) is 41.7 Å². The van der Waals surface area contributed by atoms with Crippen LogP contribution in [0.5, 0.6) is 5.75 Å². The van der Waals surface area contributed by atoms with Crippen molar-refractivity contribution in [2.75, 3.05) is 13.2 Å². The van der Waals surface area contributed by atoms with Gasteiger partial charge in [0.25, 0.3) is 0 Å². The molecule has 1 aliphatic rings. The van der Waals surface area contributed by atoms with Crippen LogP contribution in [-0.2, 0) is 30.2 Å². The Morgan fingerprint density at radius 1 is 1.32 bits per heavy atom. The average molecular weight is 402 g/mol. The molecule has 148 valence electrons. The molecule has 8 heteroatoms. The molecule has 1 fully saturated rings. The Morgan fingerprint density at radius 2 is 2.14 bits per heavy atom. The van der Waals surface area contributed by atoms with Gasteiger partial charge in [0.05, 0.1) is 23.3 Å². The molecular formula is C20H24N3O4S+. The maximum atomic E-state index is 12.8. The standard InChI is InChI=1S/C20H23N3O4S/c1-13-17(12-28(24)19-22-15-6-4-5-7-16(15)23-19)21-9-8-18(13)25-10-14-11-26-20(2,3)27-14/h4-9,14H,10-12H2,1-3H3,(H,22,23)/p+1. The lowest BCUT2D eigenvalue weighted by Crippen LogP contribution is -2.25. The highest BCUT2D eigenvalue weighted by molar-refractivity contribution is 7.84. The molecule has 3 heterocycles. The molecule has 2 atom stereocenters. The summed E-state index contributed by atoms with van der Waals surface area (Å²) in [4.78, 5) is 12.0. The second kappa shape index (κ2) is 7.62. The molecule has 0 saturated carbocycles. The van der Waals surface area contributed by atoms with E-state index in [0.717, 1.165) is 22.3 Å². The summed E-state index contributed by atoms with van der Waals surface area (Å²) in [5.74, 6) is 0.442. The van der Waals surface area contributed by atoms with Gasteiger partial charge in [0, 0.05) is 11.8 Å². The number of hydrogen-bond donors (Lipinski definition) is 1. The van der Waals surface area contributed by atoms with Crippen molar-refractivity contribution in [1.82, 2.24) is 15.0 Å². The van der Waals surface area contributed by atoms with Crippen LogP contribution >= 0.6 is 0 Å².